The van der Waals surface area contributed by atoms with Crippen molar-refractivity contribution in [1.82, 2.24) is 0 Å². The van der Waals surface area contributed by atoms with E-state index >= 15 is 0 Å². The molecule has 2 rings (SSSR count). The largest absolute Gasteiger partial charge is 1.00 e. The molecule has 0 bridgehead atoms. The van der Waals surface area contributed by atoms with Crippen LogP contribution in [0.15, 0.2) is 42.4 Å². The first-order valence-corrected chi connectivity index (χ1v) is 7.09. The first-order chi connectivity index (χ1) is 10.6. The molecule has 0 spiro atoms. The number of carbonyl (C=O) groups is 1. The van der Waals surface area contributed by atoms with Gasteiger partial charge in [-0.25, -0.2) is 4.79 Å². The maximum atomic E-state index is 11.3. The number of carbonyl (C=O) groups excluding carboxylic acids is 1. The second-order valence-electron chi connectivity index (χ2n) is 4.13. The van der Waals surface area contributed by atoms with Gasteiger partial charge in [0.2, 0.25) is 0 Å². The molecule has 3 nitrogen and oxygen atoms in total. The molecule has 1 atom stereocenters. The van der Waals surface area contributed by atoms with E-state index in [1.807, 2.05) is 13.8 Å². The normalized spacial score (nSPS) is 11.8. The standard InChI is InChI=1S/C10H11O3P.C6H5.Li/c1-6-4-5-9(8(3)7(6)2)10(11)14(12)13;1-2-4-6-5-3-1;/h4-5H,1-3H3;1-5H;/q;-1;+1/p+1/i;1D,4D,5D;. The van der Waals surface area contributed by atoms with Crippen LogP contribution in [-0.2, 0) is 4.57 Å². The first kappa shape index (κ1) is 14.7. The van der Waals surface area contributed by atoms with Crippen LogP contribution in [0.1, 0.15) is 31.2 Å². The Hall–Kier alpha value is -1.23. The second kappa shape index (κ2) is 9.66. The number of benzene rings is 2. The van der Waals surface area contributed by atoms with Crippen LogP contribution in [0, 0.1) is 26.8 Å². The summed E-state index contributed by atoms with van der Waals surface area (Å²) in [5.41, 5.74) is 2.50. The zero-order valence-corrected chi connectivity index (χ0v) is 13.4. The molecule has 104 valence electrons. The average molecular weight is 298 g/mol. The Kier molecular flexibility index (Phi) is 6.76. The SMILES string of the molecule is Cc1ccc(C(=O)[P+](=O)O)c(C)c1C.[2H]c1[c-]c([2H])cc([2H])c1.[Li+]. The van der Waals surface area contributed by atoms with Gasteiger partial charge in [0, 0.05) is 4.11 Å². The van der Waals surface area contributed by atoms with Crippen molar-refractivity contribution in [3.05, 3.63) is 70.7 Å². The number of hydrogen-bond donors (Lipinski definition) is 1. The molecule has 5 heteroatoms. The summed E-state index contributed by atoms with van der Waals surface area (Å²) in [5, 5.41) is 0. The molecule has 0 saturated carbocycles. The van der Waals surface area contributed by atoms with Crippen LogP contribution in [0.5, 0.6) is 0 Å². The Morgan fingerprint density at radius 2 is 1.76 bits per heavy atom. The minimum absolute atomic E-state index is 0. The molecule has 2 aromatic rings. The topological polar surface area (TPSA) is 54.4 Å². The minimum Gasteiger partial charge on any atom is -0.231 e. The van der Waals surface area contributed by atoms with Crippen LogP contribution in [0.2, 0.25) is 0 Å². The van der Waals surface area contributed by atoms with Gasteiger partial charge in [-0.3, -0.25) is 0 Å². The molecule has 0 aliphatic rings. The molecule has 0 aromatic heterocycles. The van der Waals surface area contributed by atoms with Crippen molar-refractivity contribution >= 4 is 13.6 Å². The average Bonchev–Trinajstić information content (AvgIpc) is 2.43. The van der Waals surface area contributed by atoms with Gasteiger partial charge >= 0.3 is 32.4 Å². The molecular formula is C16H17LiO3P+. The van der Waals surface area contributed by atoms with E-state index in [1.165, 1.54) is 12.1 Å². The Labute approximate surface area is 142 Å². The van der Waals surface area contributed by atoms with Crippen molar-refractivity contribution in [2.75, 3.05) is 0 Å². The maximum Gasteiger partial charge on any atom is 1.00 e. The number of aryl methyl sites for hydroxylation is 1. The Balaban J connectivity index is 0.000000460. The summed E-state index contributed by atoms with van der Waals surface area (Å²) in [5.74, 6) is 0. The summed E-state index contributed by atoms with van der Waals surface area (Å²) < 4.78 is 31.6. The van der Waals surface area contributed by atoms with Gasteiger partial charge in [-0.2, -0.15) is 41.2 Å². The van der Waals surface area contributed by atoms with Gasteiger partial charge in [-0.1, -0.05) is 6.07 Å². The van der Waals surface area contributed by atoms with Crippen LogP contribution in [0.4, 0.5) is 0 Å². The summed E-state index contributed by atoms with van der Waals surface area (Å²) in [6.07, 6.45) is 0. The molecule has 1 unspecified atom stereocenters. The molecule has 0 saturated heterocycles. The van der Waals surface area contributed by atoms with Crippen molar-refractivity contribution in [2.24, 2.45) is 0 Å². The van der Waals surface area contributed by atoms with Crippen molar-refractivity contribution in [2.45, 2.75) is 20.8 Å². The van der Waals surface area contributed by atoms with E-state index in [-0.39, 0.29) is 37.0 Å². The van der Waals surface area contributed by atoms with Crippen molar-refractivity contribution in [1.29, 1.82) is 0 Å². The molecule has 0 fully saturated rings. The Morgan fingerprint density at radius 3 is 2.24 bits per heavy atom. The summed E-state index contributed by atoms with van der Waals surface area (Å²) in [4.78, 5) is 20.0. The van der Waals surface area contributed by atoms with Crippen LogP contribution >= 0.6 is 8.03 Å². The van der Waals surface area contributed by atoms with Crippen molar-refractivity contribution < 1.29 is 37.2 Å². The van der Waals surface area contributed by atoms with Crippen LogP contribution in [-0.4, -0.2) is 10.4 Å². The molecule has 21 heavy (non-hydrogen) atoms. The fraction of sp³-hybridized carbons (Fsp3) is 0.188. The maximum absolute atomic E-state index is 11.3. The molecule has 0 radical (unpaired) electrons. The Bertz CT molecular complexity index is 716. The van der Waals surface area contributed by atoms with Crippen molar-refractivity contribution in [3.8, 4) is 0 Å². The smallest absolute Gasteiger partial charge is 0.231 e. The van der Waals surface area contributed by atoms with Gasteiger partial charge in [0.25, 0.3) is 0 Å². The predicted octanol–water partition coefficient (Wildman–Crippen LogP) is 0.978. The third-order valence-electron chi connectivity index (χ3n) is 2.92. The predicted molar refractivity (Wildman–Crippen MR) is 80.1 cm³/mol. The summed E-state index contributed by atoms with van der Waals surface area (Å²) in [6.45, 7) is 5.62. The molecule has 0 aliphatic heterocycles. The first-order valence-electron chi connectivity index (χ1n) is 7.38. The van der Waals surface area contributed by atoms with Crippen LogP contribution in [0.25, 0.3) is 0 Å². The molecule has 0 aliphatic carbocycles. The van der Waals surface area contributed by atoms with E-state index in [0.717, 1.165) is 16.7 Å². The van der Waals surface area contributed by atoms with Crippen LogP contribution in [0.3, 0.4) is 0 Å². The van der Waals surface area contributed by atoms with Gasteiger partial charge in [-0.15, -0.1) is 0 Å². The van der Waals surface area contributed by atoms with Gasteiger partial charge in [-0.05, 0) is 48.1 Å². The van der Waals surface area contributed by atoms with Crippen molar-refractivity contribution in [3.63, 3.8) is 0 Å². The molecule has 1 N–H and O–H groups in total. The van der Waals surface area contributed by atoms with Gasteiger partial charge in [0.1, 0.15) is 0 Å². The van der Waals surface area contributed by atoms with E-state index in [1.54, 1.807) is 19.1 Å². The Morgan fingerprint density at radius 1 is 1.19 bits per heavy atom. The summed E-state index contributed by atoms with van der Waals surface area (Å²) in [7, 11) is -2.77. The second-order valence-corrected chi connectivity index (χ2v) is 5.08. The third kappa shape index (κ3) is 5.95. The zero-order valence-electron chi connectivity index (χ0n) is 15.5. The van der Waals surface area contributed by atoms with E-state index in [2.05, 4.69) is 6.07 Å². The number of hydrogen-bond acceptors (Lipinski definition) is 2. The molecule has 2 aromatic carbocycles. The summed E-state index contributed by atoms with van der Waals surface area (Å²) >= 11 is 0. The fourth-order valence-corrected chi connectivity index (χ4v) is 1.98. The van der Waals surface area contributed by atoms with Gasteiger partial charge < -0.3 is 0 Å². The summed E-state index contributed by atoms with van der Waals surface area (Å²) in [6, 6.07) is 8.91. The van der Waals surface area contributed by atoms with Gasteiger partial charge in [0.15, 0.2) is 0 Å². The third-order valence-corrected chi connectivity index (χ3v) is 3.51. The molecular weight excluding hydrogens is 278 g/mol. The number of rotatable bonds is 2. The monoisotopic (exact) mass is 298 g/mol. The van der Waals surface area contributed by atoms with E-state index in [4.69, 9.17) is 9.01 Å². The quantitative estimate of drug-likeness (QED) is 0.511. The minimum atomic E-state index is -2.77. The van der Waals surface area contributed by atoms with Crippen LogP contribution < -0.4 is 18.9 Å². The van der Waals surface area contributed by atoms with Gasteiger partial charge in [0.05, 0.1) is 5.56 Å². The zero-order chi connectivity index (χ0) is 17.7. The molecule has 0 amide bonds. The van der Waals surface area contributed by atoms with E-state index in [9.17, 15) is 9.36 Å². The fourth-order valence-electron chi connectivity index (χ4n) is 1.53. The molecule has 0 heterocycles. The van der Waals surface area contributed by atoms with E-state index in [0.29, 0.717) is 5.56 Å². The van der Waals surface area contributed by atoms with E-state index < -0.39 is 13.6 Å².